The maximum absolute atomic E-state index is 5.51. The van der Waals surface area contributed by atoms with E-state index in [9.17, 15) is 0 Å². The van der Waals surface area contributed by atoms with Gasteiger partial charge in [0.25, 0.3) is 0 Å². The number of hydrogen-bond acceptors (Lipinski definition) is 4. The zero-order chi connectivity index (χ0) is 12.5. The Labute approximate surface area is 104 Å². The molecule has 0 radical (unpaired) electrons. The van der Waals surface area contributed by atoms with Crippen LogP contribution < -0.4 is 5.32 Å². The zero-order valence-corrected chi connectivity index (χ0v) is 11.1. The number of nitrogens with zero attached hydrogens (tertiary/aromatic N) is 3. The Balaban J connectivity index is 2.35. The van der Waals surface area contributed by atoms with Crippen molar-refractivity contribution in [1.29, 1.82) is 0 Å². The highest BCUT2D eigenvalue weighted by Crippen LogP contribution is 2.03. The van der Waals surface area contributed by atoms with Crippen LogP contribution in [0.15, 0.2) is 6.33 Å². The molecule has 1 unspecified atom stereocenters. The normalized spacial score (nSPS) is 12.9. The van der Waals surface area contributed by atoms with Gasteiger partial charge in [0.15, 0.2) is 0 Å². The molecule has 0 saturated heterocycles. The number of ether oxygens (including phenoxy) is 1. The molecule has 0 aliphatic heterocycles. The van der Waals surface area contributed by atoms with Gasteiger partial charge in [-0.15, -0.1) is 0 Å². The largest absolute Gasteiger partial charge is 0.381 e. The summed E-state index contributed by atoms with van der Waals surface area (Å²) < 4.78 is 7.45. The van der Waals surface area contributed by atoms with E-state index in [2.05, 4.69) is 29.2 Å². The molecule has 1 N–H and O–H groups in total. The molecule has 1 aromatic rings. The van der Waals surface area contributed by atoms with Crippen molar-refractivity contribution in [2.45, 2.75) is 45.7 Å². The lowest BCUT2D eigenvalue weighted by atomic mass is 10.1. The zero-order valence-electron chi connectivity index (χ0n) is 11.1. The number of hydrogen-bond donors (Lipinski definition) is 1. The second kappa shape index (κ2) is 8.20. The fraction of sp³-hybridized carbons (Fsp3) is 0.833. The molecule has 5 nitrogen and oxygen atoms in total. The Hall–Kier alpha value is -0.940. The van der Waals surface area contributed by atoms with Crippen molar-refractivity contribution in [3.8, 4) is 0 Å². The van der Waals surface area contributed by atoms with Gasteiger partial charge in [-0.1, -0.05) is 6.92 Å². The fourth-order valence-corrected chi connectivity index (χ4v) is 1.75. The SMILES string of the molecule is CCCOCCC(Cc1ncnn1CC)NC. The van der Waals surface area contributed by atoms with Crippen LogP contribution in [0.2, 0.25) is 0 Å². The number of nitrogens with one attached hydrogen (secondary N) is 1. The van der Waals surface area contributed by atoms with Gasteiger partial charge in [-0.3, -0.25) is 4.68 Å². The molecule has 0 spiro atoms. The molecule has 0 bridgehead atoms. The summed E-state index contributed by atoms with van der Waals surface area (Å²) in [6, 6.07) is 0.404. The lowest BCUT2D eigenvalue weighted by molar-refractivity contribution is 0.125. The van der Waals surface area contributed by atoms with Crippen molar-refractivity contribution in [2.75, 3.05) is 20.3 Å². The Morgan fingerprint density at radius 1 is 1.41 bits per heavy atom. The van der Waals surface area contributed by atoms with Gasteiger partial charge in [-0.2, -0.15) is 5.10 Å². The number of likely N-dealkylation sites (N-methyl/N-ethyl adjacent to an activating group) is 1. The van der Waals surface area contributed by atoms with E-state index in [1.54, 1.807) is 6.33 Å². The highest BCUT2D eigenvalue weighted by Gasteiger charge is 2.11. The van der Waals surface area contributed by atoms with Crippen LogP contribution in [-0.4, -0.2) is 41.1 Å². The van der Waals surface area contributed by atoms with Crippen LogP contribution in [0, 0.1) is 0 Å². The number of rotatable bonds is 9. The van der Waals surface area contributed by atoms with Crippen molar-refractivity contribution < 1.29 is 4.74 Å². The summed E-state index contributed by atoms with van der Waals surface area (Å²) in [5.41, 5.74) is 0. The summed E-state index contributed by atoms with van der Waals surface area (Å²) in [6.07, 6.45) is 4.61. The molecule has 1 atom stereocenters. The number of aromatic nitrogens is 3. The van der Waals surface area contributed by atoms with Crippen molar-refractivity contribution in [3.63, 3.8) is 0 Å². The Kier molecular flexibility index (Phi) is 6.81. The molecule has 17 heavy (non-hydrogen) atoms. The van der Waals surface area contributed by atoms with Gasteiger partial charge < -0.3 is 10.1 Å². The van der Waals surface area contributed by atoms with E-state index in [1.165, 1.54) is 0 Å². The molecular formula is C12H24N4O. The second-order valence-corrected chi connectivity index (χ2v) is 4.08. The standard InChI is InChI=1S/C12H24N4O/c1-4-7-17-8-6-11(13-3)9-12-14-10-15-16(12)5-2/h10-11,13H,4-9H2,1-3H3. The minimum atomic E-state index is 0.404. The van der Waals surface area contributed by atoms with Crippen molar-refractivity contribution in [1.82, 2.24) is 20.1 Å². The van der Waals surface area contributed by atoms with Gasteiger partial charge in [0.1, 0.15) is 12.2 Å². The summed E-state index contributed by atoms with van der Waals surface area (Å²) in [7, 11) is 1.98. The molecule has 0 fully saturated rings. The topological polar surface area (TPSA) is 52.0 Å². The van der Waals surface area contributed by atoms with Gasteiger partial charge in [0.05, 0.1) is 0 Å². The molecule has 0 aromatic carbocycles. The third-order valence-corrected chi connectivity index (χ3v) is 2.79. The lowest BCUT2D eigenvalue weighted by Crippen LogP contribution is -2.30. The average Bonchev–Trinajstić information content (AvgIpc) is 2.80. The second-order valence-electron chi connectivity index (χ2n) is 4.08. The molecule has 0 aliphatic rings. The Morgan fingerprint density at radius 3 is 2.88 bits per heavy atom. The van der Waals surface area contributed by atoms with E-state index < -0.39 is 0 Å². The van der Waals surface area contributed by atoms with E-state index in [1.807, 2.05) is 11.7 Å². The molecule has 98 valence electrons. The first-order valence-corrected chi connectivity index (χ1v) is 6.43. The fourth-order valence-electron chi connectivity index (χ4n) is 1.75. The van der Waals surface area contributed by atoms with Gasteiger partial charge in [0, 0.05) is 32.2 Å². The van der Waals surface area contributed by atoms with Crippen LogP contribution in [0.1, 0.15) is 32.5 Å². The third-order valence-electron chi connectivity index (χ3n) is 2.79. The maximum atomic E-state index is 5.51. The average molecular weight is 240 g/mol. The predicted octanol–water partition coefficient (Wildman–Crippen LogP) is 1.25. The van der Waals surface area contributed by atoms with Crippen LogP contribution in [0.4, 0.5) is 0 Å². The van der Waals surface area contributed by atoms with E-state index in [0.29, 0.717) is 6.04 Å². The molecule has 1 aromatic heterocycles. The highest BCUT2D eigenvalue weighted by atomic mass is 16.5. The van der Waals surface area contributed by atoms with Gasteiger partial charge in [0.2, 0.25) is 0 Å². The molecule has 0 saturated carbocycles. The van der Waals surface area contributed by atoms with Crippen LogP contribution in [0.5, 0.6) is 0 Å². The molecule has 0 aliphatic carbocycles. The lowest BCUT2D eigenvalue weighted by Gasteiger charge is -2.15. The smallest absolute Gasteiger partial charge is 0.138 e. The molecule has 1 rings (SSSR count). The Morgan fingerprint density at radius 2 is 2.24 bits per heavy atom. The quantitative estimate of drug-likeness (QED) is 0.660. The first-order valence-electron chi connectivity index (χ1n) is 6.43. The van der Waals surface area contributed by atoms with E-state index in [-0.39, 0.29) is 0 Å². The minimum Gasteiger partial charge on any atom is -0.381 e. The molecule has 1 heterocycles. The predicted molar refractivity (Wildman–Crippen MR) is 68.0 cm³/mol. The highest BCUT2D eigenvalue weighted by molar-refractivity contribution is 4.89. The first-order chi connectivity index (χ1) is 8.31. The van der Waals surface area contributed by atoms with Crippen LogP contribution >= 0.6 is 0 Å². The van der Waals surface area contributed by atoms with Gasteiger partial charge in [-0.05, 0) is 26.8 Å². The first kappa shape index (κ1) is 14.1. The van der Waals surface area contributed by atoms with Crippen molar-refractivity contribution in [2.24, 2.45) is 0 Å². The molecular weight excluding hydrogens is 216 g/mol. The Bertz CT molecular complexity index is 300. The van der Waals surface area contributed by atoms with Crippen LogP contribution in [0.3, 0.4) is 0 Å². The van der Waals surface area contributed by atoms with Gasteiger partial charge >= 0.3 is 0 Å². The van der Waals surface area contributed by atoms with Crippen LogP contribution in [0.25, 0.3) is 0 Å². The monoisotopic (exact) mass is 240 g/mol. The maximum Gasteiger partial charge on any atom is 0.138 e. The van der Waals surface area contributed by atoms with Crippen LogP contribution in [-0.2, 0) is 17.7 Å². The number of aryl methyl sites for hydroxylation is 1. The summed E-state index contributed by atoms with van der Waals surface area (Å²) in [4.78, 5) is 4.29. The van der Waals surface area contributed by atoms with E-state index >= 15 is 0 Å². The van der Waals surface area contributed by atoms with Crippen molar-refractivity contribution in [3.05, 3.63) is 12.2 Å². The minimum absolute atomic E-state index is 0.404. The van der Waals surface area contributed by atoms with Gasteiger partial charge in [-0.25, -0.2) is 4.98 Å². The van der Waals surface area contributed by atoms with Crippen molar-refractivity contribution >= 4 is 0 Å². The summed E-state index contributed by atoms with van der Waals surface area (Å²) in [5, 5.41) is 7.49. The summed E-state index contributed by atoms with van der Waals surface area (Å²) >= 11 is 0. The van der Waals surface area contributed by atoms with E-state index in [0.717, 1.165) is 44.8 Å². The molecule has 5 heteroatoms. The summed E-state index contributed by atoms with van der Waals surface area (Å²) in [5.74, 6) is 1.04. The molecule has 0 amide bonds. The van der Waals surface area contributed by atoms with E-state index in [4.69, 9.17) is 4.74 Å². The third kappa shape index (κ3) is 4.83. The summed E-state index contributed by atoms with van der Waals surface area (Å²) in [6.45, 7) is 6.73.